The van der Waals surface area contributed by atoms with Crippen molar-refractivity contribution in [3.8, 4) is 0 Å². The molecule has 2 rings (SSSR count). The molecule has 1 aliphatic rings. The molecule has 7 heteroatoms. The average Bonchev–Trinajstić information content (AvgIpc) is 2.76. The Balaban J connectivity index is 2.36. The van der Waals surface area contributed by atoms with Crippen LogP contribution in [0.15, 0.2) is 0 Å². The third kappa shape index (κ3) is 4.21. The van der Waals surface area contributed by atoms with Gasteiger partial charge in [0.25, 0.3) is 5.91 Å². The fraction of sp³-hybridized carbons (Fsp3) is 0.722. The Morgan fingerprint density at radius 3 is 2.52 bits per heavy atom. The highest BCUT2D eigenvalue weighted by molar-refractivity contribution is 5.97. The number of amides is 2. The van der Waals surface area contributed by atoms with Crippen LogP contribution in [0.4, 0.5) is 0 Å². The average molecular weight is 349 g/mol. The summed E-state index contributed by atoms with van der Waals surface area (Å²) < 4.78 is 2.17. The zero-order valence-corrected chi connectivity index (χ0v) is 16.3. The summed E-state index contributed by atoms with van der Waals surface area (Å²) in [5, 5.41) is 5.54. The summed E-state index contributed by atoms with van der Waals surface area (Å²) in [6.45, 7) is 10.4. The zero-order chi connectivity index (χ0) is 18.8. The zero-order valence-electron chi connectivity index (χ0n) is 16.3. The van der Waals surface area contributed by atoms with Gasteiger partial charge < -0.3 is 20.1 Å². The van der Waals surface area contributed by atoms with Crippen molar-refractivity contribution in [2.75, 3.05) is 20.6 Å². The van der Waals surface area contributed by atoms with Gasteiger partial charge in [-0.1, -0.05) is 27.7 Å². The SMILES string of the molecule is CCc1nc(C(=O)NC(C(=O)NC)C(C)(C)C)c2n1CCCN(C)C2. The first kappa shape index (κ1) is 19.4. The summed E-state index contributed by atoms with van der Waals surface area (Å²) in [4.78, 5) is 32.0. The quantitative estimate of drug-likeness (QED) is 0.855. The minimum Gasteiger partial charge on any atom is -0.357 e. The van der Waals surface area contributed by atoms with Crippen LogP contribution in [0.3, 0.4) is 0 Å². The molecule has 0 saturated carbocycles. The van der Waals surface area contributed by atoms with Crippen LogP contribution in [0, 0.1) is 5.41 Å². The highest BCUT2D eigenvalue weighted by Crippen LogP contribution is 2.22. The van der Waals surface area contributed by atoms with Crippen LogP contribution in [-0.4, -0.2) is 52.9 Å². The molecule has 1 atom stereocenters. The van der Waals surface area contributed by atoms with Crippen molar-refractivity contribution < 1.29 is 9.59 Å². The molecular formula is C18H31N5O2. The summed E-state index contributed by atoms with van der Waals surface area (Å²) in [6, 6.07) is -0.615. The van der Waals surface area contributed by atoms with E-state index in [0.717, 1.165) is 37.4 Å². The number of carbonyl (C=O) groups is 2. The van der Waals surface area contributed by atoms with Crippen LogP contribution in [0.5, 0.6) is 0 Å². The molecule has 140 valence electrons. The molecule has 2 amide bonds. The Hall–Kier alpha value is -1.89. The molecule has 1 aromatic heterocycles. The molecule has 0 spiro atoms. The standard InChI is InChI=1S/C18H31N5O2/c1-7-13-20-14(12-11-22(6)9-8-10-23(12)13)16(24)21-15(17(25)19-5)18(2,3)4/h15H,7-11H2,1-6H3,(H,19,25)(H,21,24). The number of aryl methyl sites for hydroxylation is 1. The molecule has 1 aromatic rings. The third-order valence-corrected chi connectivity index (χ3v) is 4.67. The van der Waals surface area contributed by atoms with E-state index in [-0.39, 0.29) is 11.8 Å². The van der Waals surface area contributed by atoms with Gasteiger partial charge in [0.15, 0.2) is 5.69 Å². The number of carbonyl (C=O) groups excluding carboxylic acids is 2. The number of nitrogens with zero attached hydrogens (tertiary/aromatic N) is 3. The maximum Gasteiger partial charge on any atom is 0.272 e. The number of fused-ring (bicyclic) bond motifs is 1. The van der Waals surface area contributed by atoms with Crippen molar-refractivity contribution >= 4 is 11.8 Å². The fourth-order valence-corrected chi connectivity index (χ4v) is 3.27. The molecule has 1 aliphatic heterocycles. The Labute approximate surface area is 150 Å². The highest BCUT2D eigenvalue weighted by Gasteiger charge is 2.34. The molecule has 0 fully saturated rings. The summed E-state index contributed by atoms with van der Waals surface area (Å²) >= 11 is 0. The molecule has 2 N–H and O–H groups in total. The van der Waals surface area contributed by atoms with E-state index >= 15 is 0 Å². The molecule has 0 aromatic carbocycles. The summed E-state index contributed by atoms with van der Waals surface area (Å²) in [6.07, 6.45) is 1.82. The predicted octanol–water partition coefficient (Wildman–Crippen LogP) is 1.17. The largest absolute Gasteiger partial charge is 0.357 e. The van der Waals surface area contributed by atoms with Crippen LogP contribution in [0.2, 0.25) is 0 Å². The molecule has 2 heterocycles. The van der Waals surface area contributed by atoms with E-state index < -0.39 is 11.5 Å². The summed E-state index contributed by atoms with van der Waals surface area (Å²) in [5.74, 6) is 0.462. The topological polar surface area (TPSA) is 79.3 Å². The second-order valence-corrected chi connectivity index (χ2v) is 7.81. The molecule has 25 heavy (non-hydrogen) atoms. The molecule has 0 aliphatic carbocycles. The maximum absolute atomic E-state index is 13.0. The number of hydrogen-bond acceptors (Lipinski definition) is 4. The normalized spacial score (nSPS) is 16.7. The van der Waals surface area contributed by atoms with Crippen molar-refractivity contribution in [1.29, 1.82) is 0 Å². The number of rotatable bonds is 4. The van der Waals surface area contributed by atoms with E-state index in [1.165, 1.54) is 0 Å². The lowest BCUT2D eigenvalue weighted by atomic mass is 9.86. The fourth-order valence-electron chi connectivity index (χ4n) is 3.27. The third-order valence-electron chi connectivity index (χ3n) is 4.67. The first-order chi connectivity index (χ1) is 11.7. The van der Waals surface area contributed by atoms with Gasteiger partial charge in [0.1, 0.15) is 11.9 Å². The van der Waals surface area contributed by atoms with Gasteiger partial charge in [0.05, 0.1) is 5.69 Å². The molecule has 0 saturated heterocycles. The van der Waals surface area contributed by atoms with Crippen LogP contribution in [0.25, 0.3) is 0 Å². The lowest BCUT2D eigenvalue weighted by Crippen LogP contribution is -2.53. The number of hydrogen-bond donors (Lipinski definition) is 2. The first-order valence-corrected chi connectivity index (χ1v) is 8.98. The summed E-state index contributed by atoms with van der Waals surface area (Å²) in [7, 11) is 3.64. The van der Waals surface area contributed by atoms with Gasteiger partial charge in [-0.2, -0.15) is 0 Å². The summed E-state index contributed by atoms with van der Waals surface area (Å²) in [5.41, 5.74) is 0.999. The maximum atomic E-state index is 13.0. The molecule has 0 radical (unpaired) electrons. The Bertz CT molecular complexity index is 645. The monoisotopic (exact) mass is 349 g/mol. The lowest BCUT2D eigenvalue weighted by molar-refractivity contribution is -0.124. The minimum absolute atomic E-state index is 0.195. The van der Waals surface area contributed by atoms with Crippen molar-refractivity contribution in [2.24, 2.45) is 5.41 Å². The van der Waals surface area contributed by atoms with E-state index in [0.29, 0.717) is 12.2 Å². The van der Waals surface area contributed by atoms with Gasteiger partial charge in [0.2, 0.25) is 5.91 Å². The molecular weight excluding hydrogens is 318 g/mol. The molecule has 1 unspecified atom stereocenters. The number of aromatic nitrogens is 2. The number of nitrogens with one attached hydrogen (secondary N) is 2. The van der Waals surface area contributed by atoms with Crippen molar-refractivity contribution in [3.05, 3.63) is 17.2 Å². The Morgan fingerprint density at radius 1 is 1.28 bits per heavy atom. The first-order valence-electron chi connectivity index (χ1n) is 8.98. The van der Waals surface area contributed by atoms with E-state index in [1.54, 1.807) is 7.05 Å². The Morgan fingerprint density at radius 2 is 1.96 bits per heavy atom. The lowest BCUT2D eigenvalue weighted by Gasteiger charge is -2.29. The van der Waals surface area contributed by atoms with Gasteiger partial charge in [-0.25, -0.2) is 4.98 Å². The highest BCUT2D eigenvalue weighted by atomic mass is 16.2. The van der Waals surface area contributed by atoms with Crippen molar-refractivity contribution in [2.45, 2.75) is 59.7 Å². The van der Waals surface area contributed by atoms with Gasteiger partial charge >= 0.3 is 0 Å². The van der Waals surface area contributed by atoms with E-state index in [1.807, 2.05) is 27.7 Å². The minimum atomic E-state index is -0.615. The van der Waals surface area contributed by atoms with Crippen molar-refractivity contribution in [3.63, 3.8) is 0 Å². The number of imidazole rings is 1. The molecule has 0 bridgehead atoms. The van der Waals surface area contributed by atoms with Gasteiger partial charge in [-0.05, 0) is 25.4 Å². The van der Waals surface area contributed by atoms with E-state index in [9.17, 15) is 9.59 Å². The molecule has 7 nitrogen and oxygen atoms in total. The Kier molecular flexibility index (Phi) is 5.87. The second-order valence-electron chi connectivity index (χ2n) is 7.81. The smallest absolute Gasteiger partial charge is 0.272 e. The van der Waals surface area contributed by atoms with Crippen LogP contribution in [-0.2, 0) is 24.3 Å². The van der Waals surface area contributed by atoms with Gasteiger partial charge in [-0.15, -0.1) is 0 Å². The van der Waals surface area contributed by atoms with Gasteiger partial charge in [-0.3, -0.25) is 9.59 Å². The van der Waals surface area contributed by atoms with E-state index in [2.05, 4.69) is 32.1 Å². The van der Waals surface area contributed by atoms with Crippen molar-refractivity contribution in [1.82, 2.24) is 25.1 Å². The van der Waals surface area contributed by atoms with Gasteiger partial charge in [0, 0.05) is 26.6 Å². The second kappa shape index (κ2) is 7.56. The van der Waals surface area contributed by atoms with Crippen LogP contribution in [0.1, 0.15) is 56.1 Å². The van der Waals surface area contributed by atoms with Crippen LogP contribution >= 0.6 is 0 Å². The predicted molar refractivity (Wildman–Crippen MR) is 97.3 cm³/mol. The van der Waals surface area contributed by atoms with Crippen LogP contribution < -0.4 is 10.6 Å². The van der Waals surface area contributed by atoms with E-state index in [4.69, 9.17) is 0 Å². The number of likely N-dealkylation sites (N-methyl/N-ethyl adjacent to an activating group) is 1.